The summed E-state index contributed by atoms with van der Waals surface area (Å²) in [5, 5.41) is 0. The maximum atomic E-state index is 14.2. The fraction of sp³-hybridized carbons (Fsp3) is 0.227. The van der Waals surface area contributed by atoms with Crippen molar-refractivity contribution in [1.82, 2.24) is 18.7 Å². The molecule has 4 aromatic rings. The number of rotatable bonds is 5. The van der Waals surface area contributed by atoms with Gasteiger partial charge in [-0.05, 0) is 30.2 Å². The van der Waals surface area contributed by atoms with Crippen LogP contribution in [0.4, 0.5) is 13.2 Å². The van der Waals surface area contributed by atoms with E-state index in [1.807, 2.05) is 13.8 Å². The Morgan fingerprint density at radius 2 is 1.74 bits per heavy atom. The lowest BCUT2D eigenvalue weighted by molar-refractivity contribution is 0.488. The molecule has 4 rings (SSSR count). The van der Waals surface area contributed by atoms with Gasteiger partial charge >= 0.3 is 5.69 Å². The summed E-state index contributed by atoms with van der Waals surface area (Å²) in [7, 11) is 0. The molecule has 0 aliphatic heterocycles. The van der Waals surface area contributed by atoms with Crippen LogP contribution in [-0.2, 0) is 13.1 Å². The van der Waals surface area contributed by atoms with E-state index in [2.05, 4.69) is 4.98 Å². The van der Waals surface area contributed by atoms with Gasteiger partial charge in [-0.2, -0.15) is 0 Å². The summed E-state index contributed by atoms with van der Waals surface area (Å²) in [6.07, 6.45) is 1.31. The Hall–Kier alpha value is -3.62. The van der Waals surface area contributed by atoms with Crippen LogP contribution in [0.5, 0.6) is 0 Å². The van der Waals surface area contributed by atoms with E-state index in [1.165, 1.54) is 45.8 Å². The van der Waals surface area contributed by atoms with Gasteiger partial charge in [0.25, 0.3) is 5.56 Å². The number of imidazole rings is 1. The van der Waals surface area contributed by atoms with Crippen LogP contribution in [0.2, 0.25) is 0 Å². The number of hydrogen-bond donors (Lipinski definition) is 0. The molecule has 0 atom stereocenters. The molecule has 160 valence electrons. The summed E-state index contributed by atoms with van der Waals surface area (Å²) in [5.41, 5.74) is -0.766. The first-order valence-corrected chi connectivity index (χ1v) is 9.67. The van der Waals surface area contributed by atoms with Crippen molar-refractivity contribution < 1.29 is 13.2 Å². The van der Waals surface area contributed by atoms with Gasteiger partial charge in [-0.15, -0.1) is 0 Å². The minimum atomic E-state index is -0.761. The van der Waals surface area contributed by atoms with Crippen molar-refractivity contribution in [3.8, 4) is 5.69 Å². The van der Waals surface area contributed by atoms with Crippen molar-refractivity contribution in [2.24, 2.45) is 5.92 Å². The SMILES string of the molecule is CC(C)Cn1c(=O)c2c(ncn2Cc2ccc(F)cc2F)n(-c2cccc(F)c2)c1=O. The third kappa shape index (κ3) is 3.78. The summed E-state index contributed by atoms with van der Waals surface area (Å²) in [4.78, 5) is 30.6. The smallest absolute Gasteiger partial charge is 0.320 e. The topological polar surface area (TPSA) is 61.8 Å². The zero-order chi connectivity index (χ0) is 22.3. The van der Waals surface area contributed by atoms with Crippen LogP contribution >= 0.6 is 0 Å². The minimum absolute atomic E-state index is 0.0188. The second kappa shape index (κ2) is 7.90. The number of aromatic nitrogens is 4. The van der Waals surface area contributed by atoms with Crippen molar-refractivity contribution in [3.05, 3.63) is 92.6 Å². The van der Waals surface area contributed by atoms with Crippen LogP contribution in [0.3, 0.4) is 0 Å². The summed E-state index contributed by atoms with van der Waals surface area (Å²) in [6, 6.07) is 8.56. The summed E-state index contributed by atoms with van der Waals surface area (Å²) in [6.45, 7) is 3.75. The van der Waals surface area contributed by atoms with Gasteiger partial charge in [0.05, 0.1) is 18.6 Å². The molecule has 0 unspecified atom stereocenters. The fourth-order valence-electron chi connectivity index (χ4n) is 3.51. The Bertz CT molecular complexity index is 1400. The molecular weight excluding hydrogens is 409 g/mol. The first-order valence-electron chi connectivity index (χ1n) is 9.67. The summed E-state index contributed by atoms with van der Waals surface area (Å²) >= 11 is 0. The van der Waals surface area contributed by atoms with Crippen LogP contribution in [0.25, 0.3) is 16.9 Å². The third-order valence-electron chi connectivity index (χ3n) is 4.87. The maximum absolute atomic E-state index is 14.2. The first kappa shape index (κ1) is 20.6. The van der Waals surface area contributed by atoms with Crippen LogP contribution in [0.1, 0.15) is 19.4 Å². The number of halogens is 3. The molecule has 0 N–H and O–H groups in total. The zero-order valence-corrected chi connectivity index (χ0v) is 16.8. The number of hydrogen-bond acceptors (Lipinski definition) is 3. The number of fused-ring (bicyclic) bond motifs is 1. The molecule has 2 aromatic heterocycles. The van der Waals surface area contributed by atoms with Gasteiger partial charge in [0.15, 0.2) is 11.2 Å². The predicted octanol–water partition coefficient (Wildman–Crippen LogP) is 3.47. The van der Waals surface area contributed by atoms with E-state index in [0.717, 1.165) is 16.7 Å². The Morgan fingerprint density at radius 1 is 1.00 bits per heavy atom. The summed E-state index contributed by atoms with van der Waals surface area (Å²) in [5.74, 6) is -2.04. The normalized spacial score (nSPS) is 11.5. The van der Waals surface area contributed by atoms with Gasteiger partial charge in [0, 0.05) is 18.2 Å². The molecule has 0 bridgehead atoms. The molecule has 0 amide bonds. The standard InChI is InChI=1S/C22H19F3N4O2/c1-13(2)10-28-21(30)19-20(29(22(28)31)17-5-3-4-15(23)8-17)26-12-27(19)11-14-6-7-16(24)9-18(14)25/h3-9,12-13H,10-11H2,1-2H3. The molecule has 2 heterocycles. The number of benzene rings is 2. The zero-order valence-electron chi connectivity index (χ0n) is 16.8. The lowest BCUT2D eigenvalue weighted by Gasteiger charge is -2.14. The Labute approximate surface area is 174 Å². The average molecular weight is 428 g/mol. The molecule has 0 saturated carbocycles. The molecule has 6 nitrogen and oxygen atoms in total. The molecule has 0 aliphatic carbocycles. The highest BCUT2D eigenvalue weighted by Crippen LogP contribution is 2.17. The third-order valence-corrected chi connectivity index (χ3v) is 4.87. The highest BCUT2D eigenvalue weighted by atomic mass is 19.1. The van der Waals surface area contributed by atoms with Crippen LogP contribution in [0, 0.1) is 23.4 Å². The van der Waals surface area contributed by atoms with Gasteiger partial charge in [-0.3, -0.25) is 9.36 Å². The second-order valence-corrected chi connectivity index (χ2v) is 7.69. The van der Waals surface area contributed by atoms with Crippen molar-refractivity contribution in [2.75, 3.05) is 0 Å². The van der Waals surface area contributed by atoms with Crippen LogP contribution in [0.15, 0.2) is 58.4 Å². The molecule has 0 saturated heterocycles. The van der Waals surface area contributed by atoms with Crippen LogP contribution < -0.4 is 11.2 Å². The molecule has 0 radical (unpaired) electrons. The lowest BCUT2D eigenvalue weighted by Crippen LogP contribution is -2.41. The highest BCUT2D eigenvalue weighted by Gasteiger charge is 2.20. The van der Waals surface area contributed by atoms with Crippen LogP contribution in [-0.4, -0.2) is 18.7 Å². The van der Waals surface area contributed by atoms with Crippen molar-refractivity contribution in [2.45, 2.75) is 26.9 Å². The van der Waals surface area contributed by atoms with E-state index in [4.69, 9.17) is 0 Å². The van der Waals surface area contributed by atoms with Gasteiger partial charge in [0.2, 0.25) is 0 Å². The van der Waals surface area contributed by atoms with E-state index in [-0.39, 0.29) is 41.4 Å². The Morgan fingerprint density at radius 3 is 2.42 bits per heavy atom. The molecule has 0 fully saturated rings. The molecule has 2 aromatic carbocycles. The van der Waals surface area contributed by atoms with E-state index in [0.29, 0.717) is 0 Å². The van der Waals surface area contributed by atoms with Crippen molar-refractivity contribution in [3.63, 3.8) is 0 Å². The first-order chi connectivity index (χ1) is 14.8. The van der Waals surface area contributed by atoms with Gasteiger partial charge in [-0.1, -0.05) is 26.0 Å². The van der Waals surface area contributed by atoms with Gasteiger partial charge < -0.3 is 4.57 Å². The van der Waals surface area contributed by atoms with Gasteiger partial charge in [0.1, 0.15) is 17.5 Å². The second-order valence-electron chi connectivity index (χ2n) is 7.69. The van der Waals surface area contributed by atoms with E-state index >= 15 is 0 Å². The van der Waals surface area contributed by atoms with Crippen molar-refractivity contribution >= 4 is 11.2 Å². The Kier molecular flexibility index (Phi) is 5.26. The molecular formula is C22H19F3N4O2. The predicted molar refractivity (Wildman–Crippen MR) is 110 cm³/mol. The fourth-order valence-corrected chi connectivity index (χ4v) is 3.51. The molecule has 9 heteroatoms. The molecule has 0 aliphatic rings. The monoisotopic (exact) mass is 428 g/mol. The van der Waals surface area contributed by atoms with E-state index in [1.54, 1.807) is 0 Å². The quantitative estimate of drug-likeness (QED) is 0.489. The highest BCUT2D eigenvalue weighted by molar-refractivity contribution is 5.72. The molecule has 0 spiro atoms. The summed E-state index contributed by atoms with van der Waals surface area (Å²) < 4.78 is 44.9. The van der Waals surface area contributed by atoms with Gasteiger partial charge in [-0.25, -0.2) is 27.5 Å². The van der Waals surface area contributed by atoms with E-state index < -0.39 is 28.7 Å². The average Bonchev–Trinajstić information content (AvgIpc) is 3.11. The molecule has 31 heavy (non-hydrogen) atoms. The van der Waals surface area contributed by atoms with E-state index in [9.17, 15) is 22.8 Å². The minimum Gasteiger partial charge on any atom is -0.320 e. The largest absolute Gasteiger partial charge is 0.337 e. The number of nitrogens with zero attached hydrogens (tertiary/aromatic N) is 4. The Balaban J connectivity index is 2.00. The lowest BCUT2D eigenvalue weighted by atomic mass is 10.2. The maximum Gasteiger partial charge on any atom is 0.337 e. The van der Waals surface area contributed by atoms with Crippen molar-refractivity contribution in [1.29, 1.82) is 0 Å².